The van der Waals surface area contributed by atoms with E-state index in [4.69, 9.17) is 11.6 Å². The average molecular weight is 280 g/mol. The topological polar surface area (TPSA) is 65.0 Å². The third kappa shape index (κ3) is 4.45. The minimum atomic E-state index is -0.779. The summed E-state index contributed by atoms with van der Waals surface area (Å²) < 4.78 is 4.44. The molecule has 0 atom stereocenters. The Kier molecular flexibility index (Phi) is 5.58. The molecule has 0 heterocycles. The van der Waals surface area contributed by atoms with Crippen molar-refractivity contribution in [3.05, 3.63) is 34.9 Å². The Labute approximate surface area is 115 Å². The summed E-state index contributed by atoms with van der Waals surface area (Å²) in [7, 11) is 2.43. The molecule has 5 nitrogen and oxygen atoms in total. The maximum absolute atomic E-state index is 11.7. The lowest BCUT2D eigenvalue weighted by molar-refractivity contribution is -0.132. The lowest BCUT2D eigenvalue weighted by Crippen LogP contribution is -2.14. The number of ether oxygens (including phenoxy) is 1. The maximum atomic E-state index is 11.7. The normalized spacial score (nSPS) is 10.2. The molecule has 0 spiro atoms. The first-order valence-corrected chi connectivity index (χ1v) is 5.47. The molecular formula is C13H10ClNO4. The van der Waals surface area contributed by atoms with Gasteiger partial charge >= 0.3 is 5.97 Å². The molecule has 0 saturated heterocycles. The Morgan fingerprint density at radius 1 is 1.16 bits per heavy atom. The Morgan fingerprint density at radius 3 is 2.32 bits per heavy atom. The highest BCUT2D eigenvalue weighted by Gasteiger charge is 2.10. The van der Waals surface area contributed by atoms with Gasteiger partial charge in [0.25, 0.3) is 0 Å². The number of hydrogen-bond acceptors (Lipinski definition) is 5. The molecule has 0 aromatic heterocycles. The van der Waals surface area contributed by atoms with E-state index >= 15 is 0 Å². The standard InChI is InChI=1S/C13H10ClNO4/c1-18-13(17)11(15-19-2)7-8-12(16)9-3-5-10(14)6-4-9/h3-6H,1-2H3/b15-11+. The van der Waals surface area contributed by atoms with Gasteiger partial charge in [-0.1, -0.05) is 16.8 Å². The largest absolute Gasteiger partial charge is 0.464 e. The Balaban J connectivity index is 2.92. The number of hydrogen-bond donors (Lipinski definition) is 0. The number of esters is 1. The molecular weight excluding hydrogens is 270 g/mol. The van der Waals surface area contributed by atoms with Gasteiger partial charge in [0, 0.05) is 10.6 Å². The predicted octanol–water partition coefficient (Wildman–Crippen LogP) is 1.70. The summed E-state index contributed by atoms with van der Waals surface area (Å²) in [6.45, 7) is 0. The van der Waals surface area contributed by atoms with Crippen molar-refractivity contribution in [2.75, 3.05) is 14.2 Å². The van der Waals surface area contributed by atoms with E-state index in [9.17, 15) is 9.59 Å². The van der Waals surface area contributed by atoms with E-state index in [2.05, 4.69) is 26.6 Å². The van der Waals surface area contributed by atoms with E-state index in [1.807, 2.05) is 0 Å². The fourth-order valence-corrected chi connectivity index (χ4v) is 1.21. The van der Waals surface area contributed by atoms with Crippen LogP contribution in [0, 0.1) is 11.8 Å². The van der Waals surface area contributed by atoms with Crippen LogP contribution in [0.2, 0.25) is 5.02 Å². The van der Waals surface area contributed by atoms with Crippen molar-refractivity contribution >= 4 is 29.1 Å². The number of benzene rings is 1. The number of halogens is 1. The van der Waals surface area contributed by atoms with Crippen LogP contribution in [0.4, 0.5) is 0 Å². The Hall–Kier alpha value is -2.32. The van der Waals surface area contributed by atoms with Gasteiger partial charge in [-0.15, -0.1) is 0 Å². The quantitative estimate of drug-likeness (QED) is 0.211. The maximum Gasteiger partial charge on any atom is 0.368 e. The Morgan fingerprint density at radius 2 is 1.79 bits per heavy atom. The minimum Gasteiger partial charge on any atom is -0.464 e. The molecule has 0 amide bonds. The van der Waals surface area contributed by atoms with Gasteiger partial charge < -0.3 is 9.57 Å². The van der Waals surface area contributed by atoms with Gasteiger partial charge in [0.2, 0.25) is 11.5 Å². The van der Waals surface area contributed by atoms with Gasteiger partial charge in [-0.3, -0.25) is 4.79 Å². The van der Waals surface area contributed by atoms with Crippen LogP contribution in [-0.4, -0.2) is 31.7 Å². The summed E-state index contributed by atoms with van der Waals surface area (Å²) in [5.41, 5.74) is 0.0749. The predicted molar refractivity (Wildman–Crippen MR) is 70.0 cm³/mol. The highest BCUT2D eigenvalue weighted by molar-refractivity contribution is 6.44. The molecule has 0 unspecified atom stereocenters. The van der Waals surface area contributed by atoms with Crippen molar-refractivity contribution in [2.45, 2.75) is 0 Å². The highest BCUT2D eigenvalue weighted by Crippen LogP contribution is 2.09. The lowest BCUT2D eigenvalue weighted by atomic mass is 10.1. The monoisotopic (exact) mass is 279 g/mol. The van der Waals surface area contributed by atoms with Crippen molar-refractivity contribution in [2.24, 2.45) is 5.16 Å². The number of methoxy groups -OCH3 is 1. The van der Waals surface area contributed by atoms with Crippen LogP contribution in [0.25, 0.3) is 0 Å². The van der Waals surface area contributed by atoms with E-state index in [1.54, 1.807) is 12.1 Å². The molecule has 0 bridgehead atoms. The SMILES string of the molecule is CO/N=C(\C#CC(=O)c1ccc(Cl)cc1)C(=O)OC. The number of oxime groups is 1. The molecule has 6 heteroatoms. The average Bonchev–Trinajstić information content (AvgIpc) is 2.43. The third-order valence-electron chi connectivity index (χ3n) is 1.96. The van der Waals surface area contributed by atoms with Crippen LogP contribution in [0.15, 0.2) is 29.4 Å². The molecule has 1 rings (SSSR count). The Bertz CT molecular complexity index is 567. The van der Waals surface area contributed by atoms with Crippen LogP contribution in [0.5, 0.6) is 0 Å². The second kappa shape index (κ2) is 7.19. The second-order valence-corrected chi connectivity index (χ2v) is 3.64. The first-order valence-electron chi connectivity index (χ1n) is 5.10. The van der Waals surface area contributed by atoms with Crippen LogP contribution in [-0.2, 0) is 14.4 Å². The van der Waals surface area contributed by atoms with Crippen LogP contribution < -0.4 is 0 Å². The molecule has 98 valence electrons. The van der Waals surface area contributed by atoms with Crippen molar-refractivity contribution < 1.29 is 19.2 Å². The molecule has 0 aliphatic carbocycles. The van der Waals surface area contributed by atoms with Crippen LogP contribution in [0.1, 0.15) is 10.4 Å². The lowest BCUT2D eigenvalue weighted by Gasteiger charge is -1.95. The first kappa shape index (κ1) is 14.7. The minimum absolute atomic E-state index is 0.285. The molecule has 0 aliphatic rings. The summed E-state index contributed by atoms with van der Waals surface area (Å²) in [4.78, 5) is 27.4. The number of nitrogens with zero attached hydrogens (tertiary/aromatic N) is 1. The first-order chi connectivity index (χ1) is 9.08. The zero-order valence-electron chi connectivity index (χ0n) is 10.3. The van der Waals surface area contributed by atoms with E-state index < -0.39 is 11.8 Å². The molecule has 19 heavy (non-hydrogen) atoms. The molecule has 0 fully saturated rings. The molecule has 1 aromatic rings. The fraction of sp³-hybridized carbons (Fsp3) is 0.154. The number of carbonyl (C=O) groups excluding carboxylic acids is 2. The zero-order valence-corrected chi connectivity index (χ0v) is 11.0. The number of rotatable bonds is 3. The molecule has 0 aliphatic heterocycles. The van der Waals surface area contributed by atoms with Crippen molar-refractivity contribution in [1.29, 1.82) is 0 Å². The second-order valence-electron chi connectivity index (χ2n) is 3.20. The smallest absolute Gasteiger partial charge is 0.368 e. The van der Waals surface area contributed by atoms with Gasteiger partial charge in [-0.05, 0) is 36.1 Å². The van der Waals surface area contributed by atoms with Crippen LogP contribution in [0.3, 0.4) is 0 Å². The van der Waals surface area contributed by atoms with E-state index in [0.717, 1.165) is 0 Å². The van der Waals surface area contributed by atoms with E-state index in [1.165, 1.54) is 26.4 Å². The van der Waals surface area contributed by atoms with Crippen LogP contribution >= 0.6 is 11.6 Å². The summed E-state index contributed by atoms with van der Waals surface area (Å²) in [6.07, 6.45) is 0. The number of ketones is 1. The third-order valence-corrected chi connectivity index (χ3v) is 2.21. The molecule has 0 saturated carbocycles. The summed E-state index contributed by atoms with van der Waals surface area (Å²) >= 11 is 5.70. The van der Waals surface area contributed by atoms with Gasteiger partial charge in [-0.25, -0.2) is 4.79 Å². The molecule has 0 N–H and O–H groups in total. The van der Waals surface area contributed by atoms with Gasteiger partial charge in [0.1, 0.15) is 7.11 Å². The zero-order chi connectivity index (χ0) is 14.3. The summed E-state index contributed by atoms with van der Waals surface area (Å²) in [6, 6.07) is 6.21. The highest BCUT2D eigenvalue weighted by atomic mass is 35.5. The van der Waals surface area contributed by atoms with Crippen molar-refractivity contribution in [1.82, 2.24) is 0 Å². The van der Waals surface area contributed by atoms with Gasteiger partial charge in [0.15, 0.2) is 0 Å². The van der Waals surface area contributed by atoms with Crippen molar-refractivity contribution in [3.63, 3.8) is 0 Å². The van der Waals surface area contributed by atoms with E-state index in [-0.39, 0.29) is 5.71 Å². The summed E-state index contributed by atoms with van der Waals surface area (Å²) in [5.74, 6) is 3.33. The molecule has 1 aromatic carbocycles. The fourth-order valence-electron chi connectivity index (χ4n) is 1.09. The van der Waals surface area contributed by atoms with Gasteiger partial charge in [-0.2, -0.15) is 0 Å². The van der Waals surface area contributed by atoms with Gasteiger partial charge in [0.05, 0.1) is 7.11 Å². The van der Waals surface area contributed by atoms with E-state index in [0.29, 0.717) is 10.6 Å². The molecule has 0 radical (unpaired) electrons. The van der Waals surface area contributed by atoms with Crippen molar-refractivity contribution in [3.8, 4) is 11.8 Å². The summed E-state index contributed by atoms with van der Waals surface area (Å²) in [5, 5.41) is 3.88. The number of carbonyl (C=O) groups is 2. The number of Topliss-reactive ketones (excluding diaryl/α,β-unsaturated/α-hetero) is 1.